The van der Waals surface area contributed by atoms with Gasteiger partial charge in [-0.2, -0.15) is 0 Å². The molecule has 0 bridgehead atoms. The number of ether oxygens (including phenoxy) is 1. The zero-order chi connectivity index (χ0) is 23.3. The van der Waals surface area contributed by atoms with Crippen LogP contribution in [-0.2, 0) is 29.2 Å². The number of alkyl carbamates (subject to hydrolysis) is 1. The molecule has 1 atom stereocenters. The molecule has 2 heterocycles. The predicted octanol–water partition coefficient (Wildman–Crippen LogP) is 5.02. The quantitative estimate of drug-likeness (QED) is 0.334. The predicted molar refractivity (Wildman–Crippen MR) is 134 cm³/mol. The molecule has 0 fully saturated rings. The van der Waals surface area contributed by atoms with Crippen molar-refractivity contribution in [1.82, 2.24) is 15.5 Å². The molecule has 0 spiro atoms. The van der Waals surface area contributed by atoms with Gasteiger partial charge in [-0.25, -0.2) is 4.79 Å². The highest BCUT2D eigenvalue weighted by atomic mass is 32.1. The molecule has 8 heteroatoms. The van der Waals surface area contributed by atoms with Gasteiger partial charge in [0.1, 0.15) is 0 Å². The van der Waals surface area contributed by atoms with E-state index >= 15 is 0 Å². The topological polar surface area (TPSA) is 70.7 Å². The molecule has 3 aromatic rings. The van der Waals surface area contributed by atoms with E-state index in [0.29, 0.717) is 39.1 Å². The van der Waals surface area contributed by atoms with Crippen LogP contribution in [0.25, 0.3) is 0 Å². The fraction of sp³-hybridized carbons (Fsp3) is 0.360. The lowest BCUT2D eigenvalue weighted by Gasteiger charge is -2.26. The molecule has 3 rings (SSSR count). The van der Waals surface area contributed by atoms with Crippen LogP contribution in [0.4, 0.5) is 4.79 Å². The second-order valence-corrected chi connectivity index (χ2v) is 9.73. The zero-order valence-corrected chi connectivity index (χ0v) is 20.5. The molecule has 33 heavy (non-hydrogen) atoms. The number of nitrogens with zero attached hydrogens (tertiary/aromatic N) is 1. The van der Waals surface area contributed by atoms with Crippen LogP contribution in [-0.4, -0.2) is 36.6 Å². The first-order valence-corrected chi connectivity index (χ1v) is 12.9. The van der Waals surface area contributed by atoms with Crippen molar-refractivity contribution in [3.05, 3.63) is 80.7 Å². The number of unbranched alkanes of at least 4 members (excludes halogenated alkanes) is 1. The van der Waals surface area contributed by atoms with Crippen LogP contribution in [0, 0.1) is 0 Å². The van der Waals surface area contributed by atoms with Crippen LogP contribution >= 0.6 is 22.7 Å². The average molecular weight is 486 g/mol. The lowest BCUT2D eigenvalue weighted by atomic mass is 10.1. The minimum Gasteiger partial charge on any atom is -0.450 e. The van der Waals surface area contributed by atoms with Gasteiger partial charge in [-0.05, 0) is 54.8 Å². The Hall–Kier alpha value is -2.68. The van der Waals surface area contributed by atoms with Gasteiger partial charge in [-0.1, -0.05) is 42.5 Å². The molecule has 0 saturated heterocycles. The SMILES string of the molecule is CN[C@@H](CCCCOC(=O)NCc1ccccc1)C(=O)N(Cc1cccs1)Cc1cccs1. The van der Waals surface area contributed by atoms with Crippen LogP contribution in [0.15, 0.2) is 65.4 Å². The number of hydrogen-bond acceptors (Lipinski definition) is 6. The molecule has 0 aliphatic carbocycles. The summed E-state index contributed by atoms with van der Waals surface area (Å²) >= 11 is 3.33. The summed E-state index contributed by atoms with van der Waals surface area (Å²) in [5, 5.41) is 10.0. The van der Waals surface area contributed by atoms with E-state index in [-0.39, 0.29) is 11.9 Å². The number of rotatable bonds is 13. The number of carbonyl (C=O) groups excluding carboxylic acids is 2. The molecule has 0 radical (unpaired) electrons. The molecular weight excluding hydrogens is 454 g/mol. The van der Waals surface area contributed by atoms with Gasteiger partial charge < -0.3 is 20.3 Å². The first-order chi connectivity index (χ1) is 16.2. The summed E-state index contributed by atoms with van der Waals surface area (Å²) < 4.78 is 5.26. The van der Waals surface area contributed by atoms with Crippen molar-refractivity contribution >= 4 is 34.7 Å². The van der Waals surface area contributed by atoms with Gasteiger partial charge in [0.25, 0.3) is 0 Å². The van der Waals surface area contributed by atoms with Gasteiger partial charge in [-0.15, -0.1) is 22.7 Å². The highest BCUT2D eigenvalue weighted by molar-refractivity contribution is 7.10. The third-order valence-corrected chi connectivity index (χ3v) is 6.93. The van der Waals surface area contributed by atoms with Crippen molar-refractivity contribution < 1.29 is 14.3 Å². The highest BCUT2D eigenvalue weighted by Crippen LogP contribution is 2.19. The Labute approximate surface area is 203 Å². The molecule has 1 aromatic carbocycles. The van der Waals surface area contributed by atoms with E-state index in [0.717, 1.165) is 12.0 Å². The van der Waals surface area contributed by atoms with Crippen LogP contribution in [0.2, 0.25) is 0 Å². The second kappa shape index (κ2) is 13.8. The molecule has 2 N–H and O–H groups in total. The van der Waals surface area contributed by atoms with Gasteiger partial charge in [0.05, 0.1) is 25.7 Å². The molecule has 0 aliphatic heterocycles. The Balaban J connectivity index is 1.41. The van der Waals surface area contributed by atoms with E-state index in [9.17, 15) is 9.59 Å². The summed E-state index contributed by atoms with van der Waals surface area (Å²) in [6, 6.07) is 17.6. The number of hydrogen-bond donors (Lipinski definition) is 2. The molecule has 0 saturated carbocycles. The van der Waals surface area contributed by atoms with Crippen molar-refractivity contribution in [2.45, 2.75) is 44.9 Å². The molecule has 176 valence electrons. The number of amides is 2. The monoisotopic (exact) mass is 485 g/mol. The first kappa shape index (κ1) is 25.0. The van der Waals surface area contributed by atoms with E-state index < -0.39 is 6.09 Å². The lowest BCUT2D eigenvalue weighted by molar-refractivity contribution is -0.134. The van der Waals surface area contributed by atoms with E-state index in [4.69, 9.17) is 4.74 Å². The van der Waals surface area contributed by atoms with E-state index in [1.54, 1.807) is 22.7 Å². The Morgan fingerprint density at radius 1 is 0.939 bits per heavy atom. The van der Waals surface area contributed by atoms with Crippen molar-refractivity contribution in [3.63, 3.8) is 0 Å². The maximum absolute atomic E-state index is 13.3. The van der Waals surface area contributed by atoms with E-state index in [1.165, 1.54) is 9.75 Å². The minimum atomic E-state index is -0.418. The third kappa shape index (κ3) is 8.64. The number of carbonyl (C=O) groups is 2. The van der Waals surface area contributed by atoms with Gasteiger partial charge in [0.15, 0.2) is 0 Å². The summed E-state index contributed by atoms with van der Waals surface area (Å²) in [6.07, 6.45) is 1.77. The Kier molecular flexibility index (Phi) is 10.4. The highest BCUT2D eigenvalue weighted by Gasteiger charge is 2.23. The minimum absolute atomic E-state index is 0.0980. The largest absolute Gasteiger partial charge is 0.450 e. The number of nitrogens with one attached hydrogen (secondary N) is 2. The van der Waals surface area contributed by atoms with Crippen LogP contribution < -0.4 is 10.6 Å². The molecule has 2 aromatic heterocycles. The van der Waals surface area contributed by atoms with Crippen LogP contribution in [0.1, 0.15) is 34.6 Å². The fourth-order valence-corrected chi connectivity index (χ4v) is 4.88. The van der Waals surface area contributed by atoms with Gasteiger partial charge in [0, 0.05) is 16.3 Å². The number of benzene rings is 1. The maximum atomic E-state index is 13.3. The first-order valence-electron chi connectivity index (χ1n) is 11.1. The summed E-state index contributed by atoms with van der Waals surface area (Å²) in [6.45, 7) is 1.99. The van der Waals surface area contributed by atoms with Gasteiger partial charge in [0.2, 0.25) is 5.91 Å². The van der Waals surface area contributed by atoms with E-state index in [2.05, 4.69) is 22.8 Å². The Morgan fingerprint density at radius 2 is 1.61 bits per heavy atom. The summed E-state index contributed by atoms with van der Waals surface area (Å²) in [5.41, 5.74) is 1.03. The summed E-state index contributed by atoms with van der Waals surface area (Å²) in [5.74, 6) is 0.0980. The summed E-state index contributed by atoms with van der Waals surface area (Å²) in [7, 11) is 1.82. The van der Waals surface area contributed by atoms with Crippen LogP contribution in [0.5, 0.6) is 0 Å². The molecule has 0 unspecified atom stereocenters. The molecule has 2 amide bonds. The number of thiophene rings is 2. The van der Waals surface area contributed by atoms with Crippen molar-refractivity contribution in [1.29, 1.82) is 0 Å². The standard InChI is InChI=1S/C25H31N3O3S2/c1-26-23(13-5-6-14-31-25(30)27-17-20-9-3-2-4-10-20)24(29)28(18-21-11-7-15-32-21)19-22-12-8-16-33-22/h2-4,7-12,15-16,23,26H,5-6,13-14,17-19H2,1H3,(H,27,30)/t23-/m0/s1. The second-order valence-electron chi connectivity index (χ2n) is 7.67. The lowest BCUT2D eigenvalue weighted by Crippen LogP contribution is -2.44. The normalized spacial score (nSPS) is 11.7. The van der Waals surface area contributed by atoms with Crippen molar-refractivity contribution in [2.75, 3.05) is 13.7 Å². The van der Waals surface area contributed by atoms with Crippen LogP contribution in [0.3, 0.4) is 0 Å². The molecule has 0 aliphatic rings. The summed E-state index contributed by atoms with van der Waals surface area (Å²) in [4.78, 5) is 29.4. The van der Waals surface area contributed by atoms with Gasteiger partial charge >= 0.3 is 6.09 Å². The average Bonchev–Trinajstić information content (AvgIpc) is 3.54. The third-order valence-electron chi connectivity index (χ3n) is 5.21. The maximum Gasteiger partial charge on any atom is 0.407 e. The smallest absolute Gasteiger partial charge is 0.407 e. The zero-order valence-electron chi connectivity index (χ0n) is 18.9. The van der Waals surface area contributed by atoms with Crippen molar-refractivity contribution in [3.8, 4) is 0 Å². The Bertz CT molecular complexity index is 910. The Morgan fingerprint density at radius 3 is 2.18 bits per heavy atom. The van der Waals surface area contributed by atoms with Gasteiger partial charge in [-0.3, -0.25) is 4.79 Å². The van der Waals surface area contributed by atoms with E-state index in [1.807, 2.05) is 65.2 Å². The van der Waals surface area contributed by atoms with Crippen molar-refractivity contribution in [2.24, 2.45) is 0 Å². The number of likely N-dealkylation sites (N-methyl/N-ethyl adjacent to an activating group) is 1. The fourth-order valence-electron chi connectivity index (χ4n) is 3.44. The molecular formula is C25H31N3O3S2. The molecule has 6 nitrogen and oxygen atoms in total.